The number of nitrogens with zero attached hydrogens (tertiary/aromatic N) is 2. The highest BCUT2D eigenvalue weighted by Crippen LogP contribution is 2.17. The minimum absolute atomic E-state index is 0.250. The molecule has 0 radical (unpaired) electrons. The van der Waals surface area contributed by atoms with Crippen LogP contribution in [0.5, 0.6) is 0 Å². The zero-order valence-corrected chi connectivity index (χ0v) is 15.0. The number of para-hydroxylation sites is 1. The van der Waals surface area contributed by atoms with Crippen molar-refractivity contribution in [2.75, 3.05) is 0 Å². The molecule has 26 heavy (non-hydrogen) atoms. The molecule has 0 aliphatic carbocycles. The van der Waals surface area contributed by atoms with Gasteiger partial charge in [0, 0.05) is 5.69 Å². The molecular weight excluding hydrogens is 352 g/mol. The minimum Gasteiger partial charge on any atom is -0.295 e. The number of hydrogen-bond acceptors (Lipinski definition) is 3. The van der Waals surface area contributed by atoms with E-state index in [-0.39, 0.29) is 5.56 Å². The Morgan fingerprint density at radius 3 is 2.62 bits per heavy atom. The van der Waals surface area contributed by atoms with Gasteiger partial charge in [-0.3, -0.25) is 14.7 Å². The lowest BCUT2D eigenvalue weighted by Crippen LogP contribution is -2.20. The second-order valence-electron chi connectivity index (χ2n) is 5.81. The zero-order chi connectivity index (χ0) is 18.7. The van der Waals surface area contributed by atoms with Crippen LogP contribution in [0.4, 0.5) is 0 Å². The van der Waals surface area contributed by atoms with Gasteiger partial charge >= 0.3 is 0 Å². The molecule has 1 aromatic heterocycles. The first-order valence-corrected chi connectivity index (χ1v) is 8.32. The molecule has 1 heterocycles. The number of halogens is 1. The van der Waals surface area contributed by atoms with Crippen LogP contribution >= 0.6 is 11.6 Å². The van der Waals surface area contributed by atoms with Crippen LogP contribution in [0.15, 0.2) is 58.4 Å². The van der Waals surface area contributed by atoms with Crippen LogP contribution in [-0.2, 0) is 0 Å². The lowest BCUT2D eigenvalue weighted by atomic mass is 10.1. The molecule has 3 aromatic rings. The fourth-order valence-corrected chi connectivity index (χ4v) is 2.81. The van der Waals surface area contributed by atoms with Crippen LogP contribution in [0, 0.1) is 13.8 Å². The van der Waals surface area contributed by atoms with E-state index in [0.717, 1.165) is 11.3 Å². The smallest absolute Gasteiger partial charge is 0.280 e. The molecule has 2 aromatic carbocycles. The third-order valence-corrected chi connectivity index (χ3v) is 4.17. The van der Waals surface area contributed by atoms with Gasteiger partial charge < -0.3 is 0 Å². The van der Waals surface area contributed by atoms with Crippen molar-refractivity contribution in [2.24, 2.45) is 5.10 Å². The summed E-state index contributed by atoms with van der Waals surface area (Å²) in [5.41, 5.74) is 5.15. The highest BCUT2D eigenvalue weighted by atomic mass is 35.5. The molecule has 0 aliphatic heterocycles. The van der Waals surface area contributed by atoms with Crippen LogP contribution in [0.1, 0.15) is 27.2 Å². The Kier molecular flexibility index (Phi) is 5.04. The molecule has 3 rings (SSSR count). The van der Waals surface area contributed by atoms with Crippen molar-refractivity contribution in [2.45, 2.75) is 13.8 Å². The largest absolute Gasteiger partial charge is 0.295 e. The number of H-pyrrole nitrogens is 1. The van der Waals surface area contributed by atoms with E-state index in [1.807, 2.05) is 37.3 Å². The minimum atomic E-state index is -0.442. The summed E-state index contributed by atoms with van der Waals surface area (Å²) in [6.07, 6.45) is 1.33. The van der Waals surface area contributed by atoms with E-state index >= 15 is 0 Å². The SMILES string of the molecule is Cc1ccc(C(=O)NN=Cc2c(C)[nH]n(-c3ccccc3)c2=O)c(Cl)c1. The summed E-state index contributed by atoms with van der Waals surface area (Å²) in [5, 5.41) is 7.24. The molecule has 6 nitrogen and oxygen atoms in total. The first kappa shape index (κ1) is 17.7. The van der Waals surface area contributed by atoms with Crippen molar-refractivity contribution in [3.63, 3.8) is 0 Å². The standard InChI is InChI=1S/C19H17ClN4O2/c1-12-8-9-15(17(20)10-12)18(25)22-21-11-16-13(2)23-24(19(16)26)14-6-4-3-5-7-14/h3-11,23H,1-2H3,(H,22,25). The number of amides is 1. The van der Waals surface area contributed by atoms with Gasteiger partial charge in [-0.25, -0.2) is 10.1 Å². The van der Waals surface area contributed by atoms with E-state index in [9.17, 15) is 9.59 Å². The maximum atomic E-state index is 12.5. The Labute approximate surface area is 155 Å². The number of carbonyl (C=O) groups excluding carboxylic acids is 1. The molecule has 0 aliphatic rings. The van der Waals surface area contributed by atoms with Gasteiger partial charge in [0.1, 0.15) is 0 Å². The van der Waals surface area contributed by atoms with Gasteiger partial charge in [-0.15, -0.1) is 0 Å². The summed E-state index contributed by atoms with van der Waals surface area (Å²) in [6, 6.07) is 14.3. The second-order valence-corrected chi connectivity index (χ2v) is 6.22. The number of hydrazone groups is 1. The first-order valence-electron chi connectivity index (χ1n) is 7.94. The normalized spacial score (nSPS) is 11.0. The summed E-state index contributed by atoms with van der Waals surface area (Å²) in [5.74, 6) is -0.442. The molecule has 0 spiro atoms. The number of benzene rings is 2. The Morgan fingerprint density at radius 2 is 1.92 bits per heavy atom. The number of nitrogens with one attached hydrogen (secondary N) is 2. The van der Waals surface area contributed by atoms with Crippen LogP contribution in [0.25, 0.3) is 5.69 Å². The van der Waals surface area contributed by atoms with Crippen molar-refractivity contribution in [3.8, 4) is 5.69 Å². The van der Waals surface area contributed by atoms with E-state index in [4.69, 9.17) is 11.6 Å². The summed E-state index contributed by atoms with van der Waals surface area (Å²) in [4.78, 5) is 24.7. The van der Waals surface area contributed by atoms with Crippen LogP contribution < -0.4 is 11.0 Å². The number of aryl methyl sites for hydroxylation is 2. The number of carbonyl (C=O) groups is 1. The topological polar surface area (TPSA) is 79.2 Å². The molecule has 0 saturated heterocycles. The van der Waals surface area contributed by atoms with Crippen LogP contribution in [-0.4, -0.2) is 21.9 Å². The van der Waals surface area contributed by atoms with E-state index < -0.39 is 5.91 Å². The molecule has 0 fully saturated rings. The molecule has 132 valence electrons. The van der Waals surface area contributed by atoms with Crippen molar-refractivity contribution in [1.29, 1.82) is 0 Å². The third-order valence-electron chi connectivity index (χ3n) is 3.86. The predicted molar refractivity (Wildman–Crippen MR) is 102 cm³/mol. The fourth-order valence-electron chi connectivity index (χ4n) is 2.49. The highest BCUT2D eigenvalue weighted by Gasteiger charge is 2.12. The molecular formula is C19H17ClN4O2. The number of aromatic amines is 1. The number of hydrogen-bond donors (Lipinski definition) is 2. The van der Waals surface area contributed by atoms with Crippen molar-refractivity contribution in [3.05, 3.63) is 86.3 Å². The third kappa shape index (κ3) is 3.60. The Balaban J connectivity index is 1.80. The Bertz CT molecular complexity index is 1040. The van der Waals surface area contributed by atoms with Crippen LogP contribution in [0.3, 0.4) is 0 Å². The van der Waals surface area contributed by atoms with E-state index in [0.29, 0.717) is 21.8 Å². The number of aromatic nitrogens is 2. The molecule has 0 unspecified atom stereocenters. The summed E-state index contributed by atoms with van der Waals surface area (Å²) in [7, 11) is 0. The van der Waals surface area contributed by atoms with E-state index in [2.05, 4.69) is 15.6 Å². The molecule has 2 N–H and O–H groups in total. The van der Waals surface area contributed by atoms with Gasteiger partial charge in [0.05, 0.1) is 28.1 Å². The Morgan fingerprint density at radius 1 is 1.19 bits per heavy atom. The molecule has 0 atom stereocenters. The monoisotopic (exact) mass is 368 g/mol. The Hall–Kier alpha value is -3.12. The van der Waals surface area contributed by atoms with Gasteiger partial charge in [0.25, 0.3) is 11.5 Å². The van der Waals surface area contributed by atoms with Gasteiger partial charge in [-0.2, -0.15) is 5.10 Å². The van der Waals surface area contributed by atoms with E-state index in [1.54, 1.807) is 25.1 Å². The number of rotatable bonds is 4. The summed E-state index contributed by atoms with van der Waals surface area (Å²) >= 11 is 6.07. The predicted octanol–water partition coefficient (Wildman–Crippen LogP) is 3.20. The highest BCUT2D eigenvalue weighted by molar-refractivity contribution is 6.33. The maximum absolute atomic E-state index is 12.5. The van der Waals surface area contributed by atoms with Crippen molar-refractivity contribution < 1.29 is 4.79 Å². The fraction of sp³-hybridized carbons (Fsp3) is 0.105. The second kappa shape index (κ2) is 7.41. The molecule has 0 bridgehead atoms. The summed E-state index contributed by atoms with van der Waals surface area (Å²) < 4.78 is 1.43. The van der Waals surface area contributed by atoms with E-state index in [1.165, 1.54) is 10.9 Å². The molecule has 1 amide bonds. The van der Waals surface area contributed by atoms with Gasteiger partial charge in [-0.1, -0.05) is 35.9 Å². The average Bonchev–Trinajstić information content (AvgIpc) is 2.90. The van der Waals surface area contributed by atoms with Gasteiger partial charge in [-0.05, 0) is 43.7 Å². The average molecular weight is 369 g/mol. The van der Waals surface area contributed by atoms with Crippen molar-refractivity contribution in [1.82, 2.24) is 15.2 Å². The lowest BCUT2D eigenvalue weighted by Gasteiger charge is -2.03. The maximum Gasteiger partial charge on any atom is 0.280 e. The van der Waals surface area contributed by atoms with Gasteiger partial charge in [0.2, 0.25) is 0 Å². The van der Waals surface area contributed by atoms with Crippen LogP contribution in [0.2, 0.25) is 5.02 Å². The summed E-state index contributed by atoms with van der Waals surface area (Å²) in [6.45, 7) is 3.65. The van der Waals surface area contributed by atoms with Crippen molar-refractivity contribution >= 4 is 23.7 Å². The lowest BCUT2D eigenvalue weighted by molar-refractivity contribution is 0.0955. The quantitative estimate of drug-likeness (QED) is 0.548. The zero-order valence-electron chi connectivity index (χ0n) is 14.3. The van der Waals surface area contributed by atoms with Gasteiger partial charge in [0.15, 0.2) is 0 Å². The molecule has 0 saturated carbocycles. The first-order chi connectivity index (χ1) is 12.5. The molecule has 7 heteroatoms.